The molecule has 0 spiro atoms. The van der Waals surface area contributed by atoms with Crippen molar-refractivity contribution in [3.63, 3.8) is 0 Å². The molecule has 2 nitrogen and oxygen atoms in total. The van der Waals surface area contributed by atoms with Crippen molar-refractivity contribution in [3.8, 4) is 0 Å². The van der Waals surface area contributed by atoms with Crippen LogP contribution in [-0.4, -0.2) is 22.4 Å². The zero-order valence-corrected chi connectivity index (χ0v) is 5.04. The Labute approximate surface area is 49.1 Å². The molecule has 8 heavy (non-hydrogen) atoms. The Morgan fingerprint density at radius 2 is 1.88 bits per heavy atom. The standard InChI is InChI=1S/C6H12O2/c1-4-2-3-5(7)6(4)8/h4-8H,2-3H2,1H3/t4-,5+,6+/m0/s1. The van der Waals surface area contributed by atoms with Crippen molar-refractivity contribution in [2.75, 3.05) is 0 Å². The lowest BCUT2D eigenvalue weighted by atomic mass is 10.1. The maximum atomic E-state index is 9.02. The highest BCUT2D eigenvalue weighted by molar-refractivity contribution is 4.80. The van der Waals surface area contributed by atoms with Gasteiger partial charge in [0.25, 0.3) is 0 Å². The largest absolute Gasteiger partial charge is 0.390 e. The molecule has 1 saturated carbocycles. The van der Waals surface area contributed by atoms with Crippen LogP contribution in [0.3, 0.4) is 0 Å². The van der Waals surface area contributed by atoms with Crippen molar-refractivity contribution in [1.82, 2.24) is 0 Å². The van der Waals surface area contributed by atoms with Gasteiger partial charge in [0.1, 0.15) is 0 Å². The summed E-state index contributed by atoms with van der Waals surface area (Å²) in [5.41, 5.74) is 0. The van der Waals surface area contributed by atoms with E-state index >= 15 is 0 Å². The molecular formula is C6H12O2. The number of rotatable bonds is 0. The van der Waals surface area contributed by atoms with E-state index in [0.717, 1.165) is 12.8 Å². The highest BCUT2D eigenvalue weighted by Crippen LogP contribution is 2.24. The molecule has 0 unspecified atom stereocenters. The Morgan fingerprint density at radius 3 is 2.00 bits per heavy atom. The molecule has 0 bridgehead atoms. The van der Waals surface area contributed by atoms with Crippen LogP contribution in [0.4, 0.5) is 0 Å². The topological polar surface area (TPSA) is 40.5 Å². The van der Waals surface area contributed by atoms with Crippen LogP contribution in [0.1, 0.15) is 19.8 Å². The Bertz CT molecular complexity index is 72.6. The molecule has 1 aliphatic carbocycles. The van der Waals surface area contributed by atoms with E-state index in [1.807, 2.05) is 6.92 Å². The molecule has 1 rings (SSSR count). The molecule has 0 aromatic heterocycles. The lowest BCUT2D eigenvalue weighted by molar-refractivity contribution is 0.0245. The second-order valence-corrected chi connectivity index (χ2v) is 2.61. The molecule has 0 amide bonds. The predicted octanol–water partition coefficient (Wildman–Crippen LogP) is 0.138. The van der Waals surface area contributed by atoms with Crippen LogP contribution in [0.5, 0.6) is 0 Å². The second-order valence-electron chi connectivity index (χ2n) is 2.61. The van der Waals surface area contributed by atoms with Crippen molar-refractivity contribution >= 4 is 0 Å². The third kappa shape index (κ3) is 0.858. The first-order valence-corrected chi connectivity index (χ1v) is 3.08. The summed E-state index contributed by atoms with van der Waals surface area (Å²) in [7, 11) is 0. The van der Waals surface area contributed by atoms with Gasteiger partial charge in [-0.1, -0.05) is 6.92 Å². The van der Waals surface area contributed by atoms with Gasteiger partial charge in [0.05, 0.1) is 12.2 Å². The van der Waals surface area contributed by atoms with Crippen molar-refractivity contribution in [2.45, 2.75) is 32.0 Å². The van der Waals surface area contributed by atoms with E-state index in [4.69, 9.17) is 10.2 Å². The third-order valence-electron chi connectivity index (χ3n) is 1.90. The molecule has 2 heteroatoms. The first kappa shape index (κ1) is 6.05. The summed E-state index contributed by atoms with van der Waals surface area (Å²) in [6.07, 6.45) is 0.810. The van der Waals surface area contributed by atoms with Gasteiger partial charge in [0.2, 0.25) is 0 Å². The Hall–Kier alpha value is -0.0800. The highest BCUT2D eigenvalue weighted by Gasteiger charge is 2.29. The van der Waals surface area contributed by atoms with Crippen molar-refractivity contribution < 1.29 is 10.2 Å². The normalized spacial score (nSPS) is 47.6. The molecule has 2 N–H and O–H groups in total. The average Bonchev–Trinajstić information content (AvgIpc) is 1.98. The van der Waals surface area contributed by atoms with E-state index in [1.165, 1.54) is 0 Å². The van der Waals surface area contributed by atoms with Gasteiger partial charge in [0.15, 0.2) is 0 Å². The third-order valence-corrected chi connectivity index (χ3v) is 1.90. The van der Waals surface area contributed by atoms with Crippen molar-refractivity contribution in [2.24, 2.45) is 5.92 Å². The van der Waals surface area contributed by atoms with Gasteiger partial charge in [0, 0.05) is 0 Å². The number of hydrogen-bond acceptors (Lipinski definition) is 2. The van der Waals surface area contributed by atoms with Crippen LogP contribution in [0.15, 0.2) is 0 Å². The molecule has 48 valence electrons. The molecule has 0 heterocycles. The van der Waals surface area contributed by atoms with Gasteiger partial charge >= 0.3 is 0 Å². The maximum absolute atomic E-state index is 9.02. The first-order chi connectivity index (χ1) is 3.72. The van der Waals surface area contributed by atoms with E-state index in [2.05, 4.69) is 0 Å². The molecule has 3 atom stereocenters. The molecule has 0 saturated heterocycles. The Kier molecular flexibility index (Phi) is 1.54. The van der Waals surface area contributed by atoms with Gasteiger partial charge < -0.3 is 10.2 Å². The quantitative estimate of drug-likeness (QED) is 0.472. The highest BCUT2D eigenvalue weighted by atomic mass is 16.3. The molecule has 0 aromatic rings. The van der Waals surface area contributed by atoms with Crippen LogP contribution < -0.4 is 0 Å². The van der Waals surface area contributed by atoms with E-state index in [-0.39, 0.29) is 0 Å². The fraction of sp³-hybridized carbons (Fsp3) is 1.00. The van der Waals surface area contributed by atoms with Crippen molar-refractivity contribution in [3.05, 3.63) is 0 Å². The Morgan fingerprint density at radius 1 is 1.25 bits per heavy atom. The summed E-state index contributed by atoms with van der Waals surface area (Å²) < 4.78 is 0. The summed E-state index contributed by atoms with van der Waals surface area (Å²) in [5.74, 6) is 0.296. The van der Waals surface area contributed by atoms with Crippen LogP contribution in [-0.2, 0) is 0 Å². The zero-order chi connectivity index (χ0) is 6.15. The molecule has 0 aliphatic heterocycles. The Balaban J connectivity index is 2.44. The van der Waals surface area contributed by atoms with Crippen LogP contribution >= 0.6 is 0 Å². The molecule has 1 aliphatic rings. The monoisotopic (exact) mass is 116 g/mol. The van der Waals surface area contributed by atoms with Crippen LogP contribution in [0.2, 0.25) is 0 Å². The summed E-state index contributed by atoms with van der Waals surface area (Å²) in [6, 6.07) is 0. The van der Waals surface area contributed by atoms with Gasteiger partial charge in [-0.25, -0.2) is 0 Å². The fourth-order valence-electron chi connectivity index (χ4n) is 1.15. The summed E-state index contributed by atoms with van der Waals surface area (Å²) >= 11 is 0. The number of aliphatic hydroxyl groups is 2. The van der Waals surface area contributed by atoms with Crippen LogP contribution in [0.25, 0.3) is 0 Å². The second kappa shape index (κ2) is 2.03. The van der Waals surface area contributed by atoms with E-state index in [9.17, 15) is 0 Å². The fourth-order valence-corrected chi connectivity index (χ4v) is 1.15. The SMILES string of the molecule is C[C@H]1CC[C@@H](O)[C@@H]1O. The summed E-state index contributed by atoms with van der Waals surface area (Å²) in [5, 5.41) is 17.9. The number of aliphatic hydroxyl groups excluding tert-OH is 2. The molecule has 0 radical (unpaired) electrons. The number of hydrogen-bond donors (Lipinski definition) is 2. The summed E-state index contributed by atoms with van der Waals surface area (Å²) in [4.78, 5) is 0. The smallest absolute Gasteiger partial charge is 0.0824 e. The zero-order valence-electron chi connectivity index (χ0n) is 5.04. The molecular weight excluding hydrogens is 104 g/mol. The van der Waals surface area contributed by atoms with Crippen LogP contribution in [0, 0.1) is 5.92 Å². The van der Waals surface area contributed by atoms with Gasteiger partial charge in [-0.3, -0.25) is 0 Å². The minimum absolute atomic E-state index is 0.296. The van der Waals surface area contributed by atoms with Gasteiger partial charge in [-0.2, -0.15) is 0 Å². The molecule has 1 fully saturated rings. The average molecular weight is 116 g/mol. The summed E-state index contributed by atoms with van der Waals surface area (Å²) in [6.45, 7) is 1.96. The molecule has 0 aromatic carbocycles. The lowest BCUT2D eigenvalue weighted by Crippen LogP contribution is -2.22. The van der Waals surface area contributed by atoms with Gasteiger partial charge in [-0.15, -0.1) is 0 Å². The van der Waals surface area contributed by atoms with Gasteiger partial charge in [-0.05, 0) is 18.8 Å². The van der Waals surface area contributed by atoms with E-state index in [0.29, 0.717) is 5.92 Å². The minimum Gasteiger partial charge on any atom is -0.390 e. The van der Waals surface area contributed by atoms with E-state index < -0.39 is 12.2 Å². The maximum Gasteiger partial charge on any atom is 0.0824 e. The predicted molar refractivity (Wildman–Crippen MR) is 30.4 cm³/mol. The first-order valence-electron chi connectivity index (χ1n) is 3.08. The lowest BCUT2D eigenvalue weighted by Gasteiger charge is -2.09. The van der Waals surface area contributed by atoms with E-state index in [1.54, 1.807) is 0 Å². The van der Waals surface area contributed by atoms with Crippen molar-refractivity contribution in [1.29, 1.82) is 0 Å². The minimum atomic E-state index is -0.463.